The molecule has 0 bridgehead atoms. The molecule has 1 aromatic rings. The molecule has 1 aromatic carbocycles. The standard InChI is InChI=1S/C17H22N4O6/c1-3-27-17(25)21-8-6-20(7-9-21)16(24)15(23)19-18-11-12-4-5-13(22)14(10-12)26-2/h4-5,10-11,22H,3,6-9H2,1-2H3,(H,19,23). The van der Waals surface area contributed by atoms with Gasteiger partial charge in [-0.15, -0.1) is 0 Å². The van der Waals surface area contributed by atoms with Gasteiger partial charge in [0.05, 0.1) is 19.9 Å². The van der Waals surface area contributed by atoms with E-state index in [2.05, 4.69) is 10.5 Å². The Bertz CT molecular complexity index is 728. The Labute approximate surface area is 156 Å². The van der Waals surface area contributed by atoms with Crippen LogP contribution in [-0.2, 0) is 14.3 Å². The summed E-state index contributed by atoms with van der Waals surface area (Å²) in [6.45, 7) is 3.08. The van der Waals surface area contributed by atoms with E-state index in [0.717, 1.165) is 0 Å². The average Bonchev–Trinajstić information content (AvgIpc) is 2.68. The second-order valence-corrected chi connectivity index (χ2v) is 5.61. The van der Waals surface area contributed by atoms with Crippen LogP contribution in [0, 0.1) is 0 Å². The van der Waals surface area contributed by atoms with Crippen LogP contribution in [0.1, 0.15) is 12.5 Å². The maximum absolute atomic E-state index is 12.1. The molecule has 0 spiro atoms. The van der Waals surface area contributed by atoms with Crippen LogP contribution in [0.2, 0.25) is 0 Å². The number of rotatable bonds is 4. The van der Waals surface area contributed by atoms with Crippen LogP contribution in [0.5, 0.6) is 11.5 Å². The van der Waals surface area contributed by atoms with E-state index in [1.54, 1.807) is 13.0 Å². The van der Waals surface area contributed by atoms with E-state index >= 15 is 0 Å². The Kier molecular flexibility index (Phi) is 6.98. The monoisotopic (exact) mass is 378 g/mol. The number of phenols is 1. The van der Waals surface area contributed by atoms with Crippen molar-refractivity contribution in [2.75, 3.05) is 39.9 Å². The van der Waals surface area contributed by atoms with Gasteiger partial charge in [-0.2, -0.15) is 5.10 Å². The van der Waals surface area contributed by atoms with Crippen molar-refractivity contribution in [2.24, 2.45) is 5.10 Å². The van der Waals surface area contributed by atoms with Crippen LogP contribution in [0.25, 0.3) is 0 Å². The number of nitrogens with zero attached hydrogens (tertiary/aromatic N) is 3. The number of amides is 3. The third kappa shape index (κ3) is 5.33. The van der Waals surface area contributed by atoms with Gasteiger partial charge in [0.25, 0.3) is 0 Å². The number of methoxy groups -OCH3 is 1. The SMILES string of the molecule is CCOC(=O)N1CCN(C(=O)C(=O)NN=Cc2ccc(O)c(OC)c2)CC1. The molecule has 0 radical (unpaired) electrons. The minimum absolute atomic E-state index is 0.0178. The van der Waals surface area contributed by atoms with Gasteiger partial charge < -0.3 is 24.4 Å². The van der Waals surface area contributed by atoms with E-state index in [0.29, 0.717) is 18.7 Å². The molecule has 0 aliphatic carbocycles. The van der Waals surface area contributed by atoms with E-state index in [1.807, 2.05) is 0 Å². The van der Waals surface area contributed by atoms with Gasteiger partial charge in [-0.3, -0.25) is 9.59 Å². The summed E-state index contributed by atoms with van der Waals surface area (Å²) in [6.07, 6.45) is 0.897. The van der Waals surface area contributed by atoms with Gasteiger partial charge in [0, 0.05) is 26.2 Å². The summed E-state index contributed by atoms with van der Waals surface area (Å²) in [5.41, 5.74) is 2.74. The summed E-state index contributed by atoms with van der Waals surface area (Å²) >= 11 is 0. The van der Waals surface area contributed by atoms with E-state index in [9.17, 15) is 19.5 Å². The van der Waals surface area contributed by atoms with Crippen LogP contribution in [0.4, 0.5) is 4.79 Å². The van der Waals surface area contributed by atoms with Gasteiger partial charge in [0.2, 0.25) is 0 Å². The highest BCUT2D eigenvalue weighted by molar-refractivity contribution is 6.35. The molecule has 1 saturated heterocycles. The average molecular weight is 378 g/mol. The second-order valence-electron chi connectivity index (χ2n) is 5.61. The minimum Gasteiger partial charge on any atom is -0.504 e. The molecular weight excluding hydrogens is 356 g/mol. The fraction of sp³-hybridized carbons (Fsp3) is 0.412. The molecule has 1 aliphatic heterocycles. The third-order valence-corrected chi connectivity index (χ3v) is 3.87. The molecule has 3 amide bonds. The molecule has 27 heavy (non-hydrogen) atoms. The summed E-state index contributed by atoms with van der Waals surface area (Å²) < 4.78 is 9.88. The first-order valence-electron chi connectivity index (χ1n) is 8.37. The number of aromatic hydroxyl groups is 1. The number of ether oxygens (including phenoxy) is 2. The molecular formula is C17H22N4O6. The Hall–Kier alpha value is -3.30. The molecule has 1 heterocycles. The maximum atomic E-state index is 12.1. The molecule has 1 fully saturated rings. The second kappa shape index (κ2) is 9.41. The third-order valence-electron chi connectivity index (χ3n) is 3.87. The fourth-order valence-electron chi connectivity index (χ4n) is 2.44. The molecule has 2 rings (SSSR count). The molecule has 1 aliphatic rings. The van der Waals surface area contributed by atoms with Crippen molar-refractivity contribution < 1.29 is 29.0 Å². The number of piperazine rings is 1. The molecule has 0 unspecified atom stereocenters. The zero-order chi connectivity index (χ0) is 19.8. The highest BCUT2D eigenvalue weighted by atomic mass is 16.6. The van der Waals surface area contributed by atoms with E-state index in [1.165, 1.54) is 35.3 Å². The number of hydrazone groups is 1. The summed E-state index contributed by atoms with van der Waals surface area (Å²) in [5.74, 6) is -1.35. The van der Waals surface area contributed by atoms with Crippen molar-refractivity contribution in [2.45, 2.75) is 6.92 Å². The van der Waals surface area contributed by atoms with Crippen molar-refractivity contribution in [3.05, 3.63) is 23.8 Å². The Balaban J connectivity index is 1.84. The number of phenolic OH excluding ortho intramolecular Hbond substituents is 1. The lowest BCUT2D eigenvalue weighted by Gasteiger charge is -2.33. The summed E-state index contributed by atoms with van der Waals surface area (Å²) in [4.78, 5) is 38.5. The summed E-state index contributed by atoms with van der Waals surface area (Å²) in [7, 11) is 1.41. The van der Waals surface area contributed by atoms with Gasteiger partial charge in [-0.1, -0.05) is 0 Å². The Morgan fingerprint density at radius 1 is 1.22 bits per heavy atom. The lowest BCUT2D eigenvalue weighted by atomic mass is 10.2. The lowest BCUT2D eigenvalue weighted by molar-refractivity contribution is -0.146. The van der Waals surface area contributed by atoms with Crippen LogP contribution < -0.4 is 10.2 Å². The normalized spacial score (nSPS) is 14.1. The molecule has 0 saturated carbocycles. The van der Waals surface area contributed by atoms with Crippen molar-refractivity contribution in [1.82, 2.24) is 15.2 Å². The number of nitrogens with one attached hydrogen (secondary N) is 1. The molecule has 146 valence electrons. The largest absolute Gasteiger partial charge is 0.504 e. The van der Waals surface area contributed by atoms with Gasteiger partial charge in [0.15, 0.2) is 11.5 Å². The van der Waals surface area contributed by atoms with Crippen molar-refractivity contribution >= 4 is 24.1 Å². The Morgan fingerprint density at radius 2 is 1.89 bits per heavy atom. The van der Waals surface area contributed by atoms with Crippen LogP contribution in [0.3, 0.4) is 0 Å². The zero-order valence-corrected chi connectivity index (χ0v) is 15.2. The van der Waals surface area contributed by atoms with Crippen LogP contribution in [-0.4, -0.2) is 78.9 Å². The summed E-state index contributed by atoms with van der Waals surface area (Å²) in [5, 5.41) is 13.3. The molecule has 2 N–H and O–H groups in total. The maximum Gasteiger partial charge on any atom is 0.409 e. The predicted octanol–water partition coefficient (Wildman–Crippen LogP) is 0.152. The summed E-state index contributed by atoms with van der Waals surface area (Å²) in [6, 6.07) is 4.53. The number of benzene rings is 1. The van der Waals surface area contributed by atoms with Crippen molar-refractivity contribution in [1.29, 1.82) is 0 Å². The van der Waals surface area contributed by atoms with Gasteiger partial charge >= 0.3 is 17.9 Å². The molecule has 0 aromatic heterocycles. The van der Waals surface area contributed by atoms with Gasteiger partial charge in [-0.25, -0.2) is 10.2 Å². The van der Waals surface area contributed by atoms with Crippen molar-refractivity contribution in [3.8, 4) is 11.5 Å². The number of hydrogen-bond acceptors (Lipinski definition) is 7. The predicted molar refractivity (Wildman–Crippen MR) is 95.6 cm³/mol. The topological polar surface area (TPSA) is 121 Å². The first-order valence-corrected chi connectivity index (χ1v) is 8.37. The minimum atomic E-state index is -0.874. The number of carbonyl (C=O) groups excluding carboxylic acids is 3. The van der Waals surface area contributed by atoms with Gasteiger partial charge in [0.1, 0.15) is 0 Å². The quantitative estimate of drug-likeness (QED) is 0.437. The molecule has 0 atom stereocenters. The highest BCUT2D eigenvalue weighted by Crippen LogP contribution is 2.25. The highest BCUT2D eigenvalue weighted by Gasteiger charge is 2.28. The van der Waals surface area contributed by atoms with Gasteiger partial charge in [-0.05, 0) is 30.7 Å². The van der Waals surface area contributed by atoms with E-state index < -0.39 is 17.9 Å². The van der Waals surface area contributed by atoms with Crippen molar-refractivity contribution in [3.63, 3.8) is 0 Å². The van der Waals surface area contributed by atoms with E-state index in [-0.39, 0.29) is 31.2 Å². The molecule has 10 heteroatoms. The fourth-order valence-corrected chi connectivity index (χ4v) is 2.44. The Morgan fingerprint density at radius 3 is 2.52 bits per heavy atom. The molecule has 10 nitrogen and oxygen atoms in total. The smallest absolute Gasteiger partial charge is 0.409 e. The first kappa shape index (κ1) is 20.0. The first-order chi connectivity index (χ1) is 13.0. The van der Waals surface area contributed by atoms with E-state index in [4.69, 9.17) is 9.47 Å². The van der Waals surface area contributed by atoms with Crippen LogP contribution >= 0.6 is 0 Å². The number of hydrogen-bond donors (Lipinski definition) is 2. The zero-order valence-electron chi connectivity index (χ0n) is 15.2. The number of carbonyl (C=O) groups is 3. The lowest BCUT2D eigenvalue weighted by Crippen LogP contribution is -2.53. The van der Waals surface area contributed by atoms with Crippen LogP contribution in [0.15, 0.2) is 23.3 Å².